The predicted molar refractivity (Wildman–Crippen MR) is 118 cm³/mol. The first-order chi connectivity index (χ1) is 15.0. The van der Waals surface area contributed by atoms with Crippen molar-refractivity contribution in [2.45, 2.75) is 10.8 Å². The van der Waals surface area contributed by atoms with Crippen LogP contribution in [0.25, 0.3) is 0 Å². The molecule has 0 aromatic heterocycles. The Hall–Kier alpha value is -3.70. The maximum atomic E-state index is 13.0. The summed E-state index contributed by atoms with van der Waals surface area (Å²) in [5.74, 6) is -2.35. The van der Waals surface area contributed by atoms with Crippen LogP contribution in [-0.4, -0.2) is 32.4 Å². The number of para-hydroxylation sites is 1. The highest BCUT2D eigenvalue weighted by Gasteiger charge is 2.43. The van der Waals surface area contributed by atoms with Crippen molar-refractivity contribution in [3.8, 4) is 6.07 Å². The van der Waals surface area contributed by atoms with Crippen LogP contribution in [0, 0.1) is 11.3 Å². The fourth-order valence-corrected chi connectivity index (χ4v) is 4.16. The molecule has 31 heavy (non-hydrogen) atoms. The minimum absolute atomic E-state index is 0.0118. The highest BCUT2D eigenvalue weighted by atomic mass is 32.2. The molecule has 2 aromatic rings. The van der Waals surface area contributed by atoms with Crippen LogP contribution >= 0.6 is 11.8 Å². The monoisotopic (exact) mass is 435 g/mol. The molecule has 1 aliphatic rings. The normalized spacial score (nSPS) is 16.1. The molecular weight excluding hydrogens is 414 g/mol. The smallest absolute Gasteiger partial charge is 0.355 e. The van der Waals surface area contributed by atoms with Gasteiger partial charge in [-0.15, -0.1) is 11.8 Å². The van der Waals surface area contributed by atoms with Gasteiger partial charge in [-0.2, -0.15) is 5.26 Å². The Labute approximate surface area is 184 Å². The van der Waals surface area contributed by atoms with Crippen LogP contribution in [0.5, 0.6) is 0 Å². The van der Waals surface area contributed by atoms with E-state index in [1.165, 1.54) is 30.9 Å². The molecule has 0 amide bonds. The van der Waals surface area contributed by atoms with E-state index in [1.54, 1.807) is 36.4 Å². The Morgan fingerprint density at radius 1 is 1.03 bits per heavy atom. The van der Waals surface area contributed by atoms with E-state index in [1.807, 2.05) is 24.5 Å². The number of nitrogens with two attached hydrogens (primary N) is 1. The first-order valence-electron chi connectivity index (χ1n) is 9.28. The summed E-state index contributed by atoms with van der Waals surface area (Å²) in [5, 5.41) is 10.0. The maximum absolute atomic E-state index is 13.0. The van der Waals surface area contributed by atoms with E-state index in [0.717, 1.165) is 4.90 Å². The van der Waals surface area contributed by atoms with Gasteiger partial charge in [0.1, 0.15) is 11.5 Å². The number of anilines is 1. The van der Waals surface area contributed by atoms with Crippen LogP contribution < -0.4 is 10.6 Å². The van der Waals surface area contributed by atoms with Crippen molar-refractivity contribution < 1.29 is 19.1 Å². The zero-order valence-electron chi connectivity index (χ0n) is 17.3. The van der Waals surface area contributed by atoms with Crippen molar-refractivity contribution in [1.82, 2.24) is 0 Å². The Kier molecular flexibility index (Phi) is 6.68. The Balaban J connectivity index is 2.44. The number of benzene rings is 2. The van der Waals surface area contributed by atoms with Crippen molar-refractivity contribution in [3.63, 3.8) is 0 Å². The van der Waals surface area contributed by atoms with Gasteiger partial charge >= 0.3 is 11.9 Å². The third kappa shape index (κ3) is 3.88. The highest BCUT2D eigenvalue weighted by molar-refractivity contribution is 7.98. The van der Waals surface area contributed by atoms with Crippen molar-refractivity contribution in [2.75, 3.05) is 25.4 Å². The third-order valence-electron chi connectivity index (χ3n) is 4.94. The number of methoxy groups -OCH3 is 2. The summed E-state index contributed by atoms with van der Waals surface area (Å²) in [5.41, 5.74) is 7.70. The molecule has 0 radical (unpaired) electrons. The molecule has 0 bridgehead atoms. The number of ether oxygens (including phenoxy) is 2. The second-order valence-electron chi connectivity index (χ2n) is 6.51. The number of rotatable bonds is 5. The zero-order chi connectivity index (χ0) is 22.5. The van der Waals surface area contributed by atoms with Crippen LogP contribution in [0.1, 0.15) is 11.5 Å². The zero-order valence-corrected chi connectivity index (χ0v) is 18.1. The van der Waals surface area contributed by atoms with Gasteiger partial charge in [0.05, 0.1) is 43.0 Å². The summed E-state index contributed by atoms with van der Waals surface area (Å²) in [6.07, 6.45) is 1.88. The summed E-state index contributed by atoms with van der Waals surface area (Å²) in [6, 6.07) is 18.3. The average Bonchev–Trinajstić information content (AvgIpc) is 2.82. The van der Waals surface area contributed by atoms with E-state index in [9.17, 15) is 14.9 Å². The molecule has 2 aromatic carbocycles. The van der Waals surface area contributed by atoms with Gasteiger partial charge < -0.3 is 15.2 Å². The number of thioether (sulfide) groups is 1. The van der Waals surface area contributed by atoms with Crippen LogP contribution in [0.15, 0.2) is 82.2 Å². The van der Waals surface area contributed by atoms with E-state index in [2.05, 4.69) is 6.07 Å². The number of esters is 2. The molecule has 1 unspecified atom stereocenters. The molecule has 7 nitrogen and oxygen atoms in total. The van der Waals surface area contributed by atoms with Gasteiger partial charge in [-0.25, -0.2) is 9.59 Å². The quantitative estimate of drug-likeness (QED) is 0.563. The van der Waals surface area contributed by atoms with Crippen LogP contribution in [-0.2, 0) is 19.1 Å². The van der Waals surface area contributed by atoms with Crippen LogP contribution in [0.4, 0.5) is 5.69 Å². The number of hydrogen-bond donors (Lipinski definition) is 1. The summed E-state index contributed by atoms with van der Waals surface area (Å²) >= 11 is 1.44. The van der Waals surface area contributed by atoms with Gasteiger partial charge in [0.25, 0.3) is 0 Å². The Morgan fingerprint density at radius 3 is 2.23 bits per heavy atom. The van der Waals surface area contributed by atoms with E-state index in [4.69, 9.17) is 15.2 Å². The molecule has 1 heterocycles. The molecule has 8 heteroatoms. The molecule has 0 saturated carbocycles. The fraction of sp³-hybridized carbons (Fsp3) is 0.174. The molecule has 1 aliphatic heterocycles. The predicted octanol–water partition coefficient (Wildman–Crippen LogP) is 3.31. The van der Waals surface area contributed by atoms with Crippen molar-refractivity contribution in [3.05, 3.63) is 82.8 Å². The molecule has 2 N–H and O–H groups in total. The standard InChI is InChI=1S/C23H21N3O4S/c1-29-22(27)19-18(14-9-5-4-6-10-14)15(13-24)21(25)26(20(19)23(28)30-2)16-11-7-8-12-17(16)31-3/h4-12,18H,25H2,1-3H3. The van der Waals surface area contributed by atoms with Gasteiger partial charge in [-0.3, -0.25) is 4.90 Å². The van der Waals surface area contributed by atoms with Gasteiger partial charge in [0, 0.05) is 4.90 Å². The second kappa shape index (κ2) is 9.41. The van der Waals surface area contributed by atoms with Gasteiger partial charge in [0.2, 0.25) is 0 Å². The molecule has 1 atom stereocenters. The summed E-state index contributed by atoms with van der Waals surface area (Å²) < 4.78 is 10.1. The molecule has 0 spiro atoms. The lowest BCUT2D eigenvalue weighted by atomic mass is 9.81. The van der Waals surface area contributed by atoms with Crippen LogP contribution in [0.3, 0.4) is 0 Å². The Bertz CT molecular complexity index is 1120. The van der Waals surface area contributed by atoms with Crippen molar-refractivity contribution >= 4 is 29.4 Å². The first-order valence-corrected chi connectivity index (χ1v) is 10.5. The second-order valence-corrected chi connectivity index (χ2v) is 7.36. The van der Waals surface area contributed by atoms with Crippen molar-refractivity contribution in [1.29, 1.82) is 5.26 Å². The number of carbonyl (C=O) groups is 2. The topological polar surface area (TPSA) is 106 Å². The van der Waals surface area contributed by atoms with E-state index in [-0.39, 0.29) is 22.7 Å². The molecule has 0 fully saturated rings. The molecular formula is C23H21N3O4S. The maximum Gasteiger partial charge on any atom is 0.355 e. The van der Waals surface area contributed by atoms with Crippen molar-refractivity contribution in [2.24, 2.45) is 5.73 Å². The summed E-state index contributed by atoms with van der Waals surface area (Å²) in [6.45, 7) is 0. The van der Waals surface area contributed by atoms with E-state index in [0.29, 0.717) is 11.3 Å². The minimum atomic E-state index is -0.884. The van der Waals surface area contributed by atoms with E-state index >= 15 is 0 Å². The largest absolute Gasteiger partial charge is 0.466 e. The number of hydrogen-bond acceptors (Lipinski definition) is 8. The minimum Gasteiger partial charge on any atom is -0.466 e. The number of nitrogens with zero attached hydrogens (tertiary/aromatic N) is 2. The fourth-order valence-electron chi connectivity index (χ4n) is 3.58. The highest BCUT2D eigenvalue weighted by Crippen LogP contribution is 2.44. The summed E-state index contributed by atoms with van der Waals surface area (Å²) in [7, 11) is 2.44. The molecule has 158 valence electrons. The SMILES string of the molecule is COC(=O)C1=C(C(=O)OC)N(c2ccccc2SC)C(N)=C(C#N)C1c1ccccc1. The lowest BCUT2D eigenvalue weighted by Crippen LogP contribution is -2.41. The van der Waals surface area contributed by atoms with Gasteiger partial charge in [0.15, 0.2) is 0 Å². The lowest BCUT2D eigenvalue weighted by molar-refractivity contribution is -0.139. The number of carbonyl (C=O) groups excluding carboxylic acids is 2. The molecule has 3 rings (SSSR count). The van der Waals surface area contributed by atoms with E-state index < -0.39 is 17.9 Å². The van der Waals surface area contributed by atoms with Gasteiger partial charge in [-0.05, 0) is 24.0 Å². The average molecular weight is 436 g/mol. The van der Waals surface area contributed by atoms with Crippen LogP contribution in [0.2, 0.25) is 0 Å². The molecule has 0 aliphatic carbocycles. The lowest BCUT2D eigenvalue weighted by Gasteiger charge is -2.36. The third-order valence-corrected chi connectivity index (χ3v) is 5.72. The first kappa shape index (κ1) is 22.0. The summed E-state index contributed by atoms with van der Waals surface area (Å²) in [4.78, 5) is 28.2. The molecule has 0 saturated heterocycles. The van der Waals surface area contributed by atoms with Gasteiger partial charge in [-0.1, -0.05) is 42.5 Å². The number of nitriles is 1. The number of allylic oxidation sites excluding steroid dienone is 1. The Morgan fingerprint density at radius 2 is 1.65 bits per heavy atom.